The Morgan fingerprint density at radius 2 is 2.00 bits per heavy atom. The SMILES string of the molecule is CCC1(C)CCN(C(=O)C2(CN)CCOCC2)C1. The number of nitrogens with zero attached hydrogens (tertiary/aromatic N) is 1. The van der Waals surface area contributed by atoms with Crippen LogP contribution in [-0.4, -0.2) is 43.7 Å². The summed E-state index contributed by atoms with van der Waals surface area (Å²) in [5, 5.41) is 0. The van der Waals surface area contributed by atoms with E-state index in [0.717, 1.165) is 38.8 Å². The van der Waals surface area contributed by atoms with Gasteiger partial charge in [0.25, 0.3) is 0 Å². The smallest absolute Gasteiger partial charge is 0.230 e. The monoisotopic (exact) mass is 254 g/mol. The second-order valence-corrected chi connectivity index (χ2v) is 6.24. The van der Waals surface area contributed by atoms with Crippen LogP contribution >= 0.6 is 0 Å². The molecule has 0 spiro atoms. The number of ether oxygens (including phenoxy) is 1. The molecule has 2 aliphatic heterocycles. The van der Waals surface area contributed by atoms with Crippen LogP contribution in [0.5, 0.6) is 0 Å². The summed E-state index contributed by atoms with van der Waals surface area (Å²) in [4.78, 5) is 14.8. The number of carbonyl (C=O) groups excluding carboxylic acids is 1. The highest BCUT2D eigenvalue weighted by Crippen LogP contribution is 2.38. The van der Waals surface area contributed by atoms with Crippen LogP contribution in [0.25, 0.3) is 0 Å². The fraction of sp³-hybridized carbons (Fsp3) is 0.929. The highest BCUT2D eigenvalue weighted by atomic mass is 16.5. The second kappa shape index (κ2) is 5.17. The maximum atomic E-state index is 12.7. The van der Waals surface area contributed by atoms with Gasteiger partial charge < -0.3 is 15.4 Å². The van der Waals surface area contributed by atoms with Gasteiger partial charge in [-0.25, -0.2) is 0 Å². The van der Waals surface area contributed by atoms with Gasteiger partial charge in [0.1, 0.15) is 0 Å². The molecular weight excluding hydrogens is 228 g/mol. The lowest BCUT2D eigenvalue weighted by molar-refractivity contribution is -0.146. The molecule has 2 rings (SSSR count). The second-order valence-electron chi connectivity index (χ2n) is 6.24. The van der Waals surface area contributed by atoms with Gasteiger partial charge in [-0.1, -0.05) is 13.8 Å². The van der Waals surface area contributed by atoms with Gasteiger partial charge in [0.05, 0.1) is 5.41 Å². The lowest BCUT2D eigenvalue weighted by Crippen LogP contribution is -2.50. The summed E-state index contributed by atoms with van der Waals surface area (Å²) in [6.07, 6.45) is 3.81. The minimum atomic E-state index is -0.350. The molecule has 4 heteroatoms. The summed E-state index contributed by atoms with van der Waals surface area (Å²) >= 11 is 0. The number of amides is 1. The molecule has 4 nitrogen and oxygen atoms in total. The number of likely N-dealkylation sites (tertiary alicyclic amines) is 1. The maximum Gasteiger partial charge on any atom is 0.230 e. The van der Waals surface area contributed by atoms with E-state index in [4.69, 9.17) is 10.5 Å². The first kappa shape index (κ1) is 13.8. The molecule has 0 bridgehead atoms. The predicted octanol–water partition coefficient (Wildman–Crippen LogP) is 1.39. The zero-order valence-electron chi connectivity index (χ0n) is 11.7. The van der Waals surface area contributed by atoms with E-state index in [-0.39, 0.29) is 11.3 Å². The summed E-state index contributed by atoms with van der Waals surface area (Å²) in [6.45, 7) is 8.06. The first-order valence-electron chi connectivity index (χ1n) is 7.12. The van der Waals surface area contributed by atoms with Gasteiger partial charge in [0.15, 0.2) is 0 Å². The summed E-state index contributed by atoms with van der Waals surface area (Å²) in [5.74, 6) is 0.269. The van der Waals surface area contributed by atoms with E-state index in [9.17, 15) is 4.79 Å². The number of hydrogen-bond donors (Lipinski definition) is 1. The van der Waals surface area contributed by atoms with Crippen LogP contribution in [0.3, 0.4) is 0 Å². The van der Waals surface area contributed by atoms with Crippen LogP contribution in [-0.2, 0) is 9.53 Å². The van der Waals surface area contributed by atoms with Gasteiger partial charge in [-0.05, 0) is 31.1 Å². The molecule has 0 saturated carbocycles. The van der Waals surface area contributed by atoms with Crippen LogP contribution in [0, 0.1) is 10.8 Å². The first-order valence-corrected chi connectivity index (χ1v) is 7.12. The zero-order valence-corrected chi connectivity index (χ0v) is 11.7. The molecule has 104 valence electrons. The molecule has 0 aliphatic carbocycles. The number of nitrogens with two attached hydrogens (primary N) is 1. The van der Waals surface area contributed by atoms with Gasteiger partial charge in [0, 0.05) is 32.8 Å². The standard InChI is InChI=1S/C14H26N2O2/c1-3-13(2)4-7-16(11-13)12(17)14(10-15)5-8-18-9-6-14/h3-11,15H2,1-2H3. The molecule has 2 N–H and O–H groups in total. The third kappa shape index (κ3) is 2.41. The van der Waals surface area contributed by atoms with E-state index < -0.39 is 0 Å². The highest BCUT2D eigenvalue weighted by Gasteiger charge is 2.45. The third-order valence-electron chi connectivity index (χ3n) is 4.99. The van der Waals surface area contributed by atoms with Gasteiger partial charge in [-0.2, -0.15) is 0 Å². The topological polar surface area (TPSA) is 55.6 Å². The normalized spacial score (nSPS) is 31.6. The lowest BCUT2D eigenvalue weighted by Gasteiger charge is -2.38. The van der Waals surface area contributed by atoms with Crippen molar-refractivity contribution in [2.75, 3.05) is 32.8 Å². The summed E-state index contributed by atoms with van der Waals surface area (Å²) < 4.78 is 5.38. The van der Waals surface area contributed by atoms with Crippen molar-refractivity contribution in [3.63, 3.8) is 0 Å². The molecule has 18 heavy (non-hydrogen) atoms. The molecule has 0 aromatic heterocycles. The van der Waals surface area contributed by atoms with Crippen molar-refractivity contribution in [2.24, 2.45) is 16.6 Å². The Morgan fingerprint density at radius 1 is 1.33 bits per heavy atom. The Morgan fingerprint density at radius 3 is 2.50 bits per heavy atom. The summed E-state index contributed by atoms with van der Waals surface area (Å²) in [5.41, 5.74) is 5.86. The quantitative estimate of drug-likeness (QED) is 0.828. The van der Waals surface area contributed by atoms with E-state index >= 15 is 0 Å². The molecule has 2 aliphatic rings. The van der Waals surface area contributed by atoms with E-state index in [0.29, 0.717) is 25.2 Å². The van der Waals surface area contributed by atoms with Gasteiger partial charge in [-0.15, -0.1) is 0 Å². The molecule has 0 aromatic carbocycles. The minimum Gasteiger partial charge on any atom is -0.381 e. The Balaban J connectivity index is 2.06. The van der Waals surface area contributed by atoms with Crippen LogP contribution < -0.4 is 5.73 Å². The fourth-order valence-corrected chi connectivity index (χ4v) is 3.09. The largest absolute Gasteiger partial charge is 0.381 e. The Kier molecular flexibility index (Phi) is 3.97. The van der Waals surface area contributed by atoms with E-state index in [2.05, 4.69) is 13.8 Å². The first-order chi connectivity index (χ1) is 8.55. The molecule has 1 unspecified atom stereocenters. The van der Waals surface area contributed by atoms with Crippen LogP contribution in [0.1, 0.15) is 39.5 Å². The van der Waals surface area contributed by atoms with E-state index in [1.165, 1.54) is 0 Å². The molecule has 0 radical (unpaired) electrons. The Bertz CT molecular complexity index is 313. The number of hydrogen-bond acceptors (Lipinski definition) is 3. The molecule has 2 heterocycles. The van der Waals surface area contributed by atoms with Crippen molar-refractivity contribution in [1.29, 1.82) is 0 Å². The maximum absolute atomic E-state index is 12.7. The zero-order chi connectivity index (χ0) is 13.2. The average molecular weight is 254 g/mol. The molecule has 1 amide bonds. The van der Waals surface area contributed by atoms with Crippen LogP contribution in [0.15, 0.2) is 0 Å². The Hall–Kier alpha value is -0.610. The van der Waals surface area contributed by atoms with Crippen molar-refractivity contribution in [3.05, 3.63) is 0 Å². The minimum absolute atomic E-state index is 0.269. The molecule has 0 aromatic rings. The van der Waals surface area contributed by atoms with Gasteiger partial charge >= 0.3 is 0 Å². The van der Waals surface area contributed by atoms with E-state index in [1.54, 1.807) is 0 Å². The summed E-state index contributed by atoms with van der Waals surface area (Å²) in [6, 6.07) is 0. The molecular formula is C14H26N2O2. The van der Waals surface area contributed by atoms with Gasteiger partial charge in [0.2, 0.25) is 5.91 Å². The van der Waals surface area contributed by atoms with Gasteiger partial charge in [-0.3, -0.25) is 4.79 Å². The van der Waals surface area contributed by atoms with Crippen molar-refractivity contribution >= 4 is 5.91 Å². The number of carbonyl (C=O) groups is 1. The van der Waals surface area contributed by atoms with Crippen molar-refractivity contribution in [3.8, 4) is 0 Å². The average Bonchev–Trinajstić information content (AvgIpc) is 2.82. The van der Waals surface area contributed by atoms with Crippen LogP contribution in [0.4, 0.5) is 0 Å². The Labute approximate surface area is 110 Å². The van der Waals surface area contributed by atoms with Crippen LogP contribution in [0.2, 0.25) is 0 Å². The van der Waals surface area contributed by atoms with Crippen molar-refractivity contribution in [2.45, 2.75) is 39.5 Å². The lowest BCUT2D eigenvalue weighted by atomic mass is 9.78. The number of rotatable bonds is 3. The van der Waals surface area contributed by atoms with E-state index in [1.807, 2.05) is 4.90 Å². The molecule has 2 saturated heterocycles. The fourth-order valence-electron chi connectivity index (χ4n) is 3.09. The summed E-state index contributed by atoms with van der Waals surface area (Å²) in [7, 11) is 0. The molecule has 1 atom stereocenters. The van der Waals surface area contributed by atoms with Crippen molar-refractivity contribution in [1.82, 2.24) is 4.90 Å². The predicted molar refractivity (Wildman–Crippen MR) is 71.1 cm³/mol. The van der Waals surface area contributed by atoms with Crippen molar-refractivity contribution < 1.29 is 9.53 Å². The highest BCUT2D eigenvalue weighted by molar-refractivity contribution is 5.83. The molecule has 2 fully saturated rings. The third-order valence-corrected chi connectivity index (χ3v) is 4.99.